The SMILES string of the molecule is OC(Cc1ccc(F)c(F)c1)C1CCC2CCCCC2C1. The molecule has 116 valence electrons. The van der Waals surface area contributed by atoms with Gasteiger partial charge < -0.3 is 5.11 Å². The van der Waals surface area contributed by atoms with Crippen molar-refractivity contribution in [2.45, 2.75) is 57.5 Å². The van der Waals surface area contributed by atoms with Crippen molar-refractivity contribution in [3.05, 3.63) is 35.4 Å². The second-order valence-electron chi connectivity index (χ2n) is 6.90. The van der Waals surface area contributed by atoms with Crippen molar-refractivity contribution in [3.8, 4) is 0 Å². The van der Waals surface area contributed by atoms with Crippen molar-refractivity contribution in [1.82, 2.24) is 0 Å². The second-order valence-corrected chi connectivity index (χ2v) is 6.90. The largest absolute Gasteiger partial charge is 0.392 e. The van der Waals surface area contributed by atoms with E-state index in [0.29, 0.717) is 17.9 Å². The zero-order valence-electron chi connectivity index (χ0n) is 12.4. The van der Waals surface area contributed by atoms with Gasteiger partial charge in [-0.2, -0.15) is 0 Å². The highest BCUT2D eigenvalue weighted by molar-refractivity contribution is 5.18. The van der Waals surface area contributed by atoms with Gasteiger partial charge in [0.1, 0.15) is 0 Å². The smallest absolute Gasteiger partial charge is 0.159 e. The van der Waals surface area contributed by atoms with E-state index in [-0.39, 0.29) is 0 Å². The van der Waals surface area contributed by atoms with Crippen LogP contribution in [-0.2, 0) is 6.42 Å². The van der Waals surface area contributed by atoms with Crippen LogP contribution in [0.15, 0.2) is 18.2 Å². The zero-order chi connectivity index (χ0) is 14.8. The molecule has 1 N–H and O–H groups in total. The molecule has 4 unspecified atom stereocenters. The van der Waals surface area contributed by atoms with Crippen LogP contribution in [0.1, 0.15) is 50.5 Å². The summed E-state index contributed by atoms with van der Waals surface area (Å²) in [4.78, 5) is 0. The Morgan fingerprint density at radius 1 is 1.00 bits per heavy atom. The predicted molar refractivity (Wildman–Crippen MR) is 78.9 cm³/mol. The predicted octanol–water partition coefficient (Wildman–Crippen LogP) is 4.47. The highest BCUT2D eigenvalue weighted by atomic mass is 19.2. The monoisotopic (exact) mass is 294 g/mol. The molecule has 0 saturated heterocycles. The Kier molecular flexibility index (Phi) is 4.58. The fourth-order valence-electron chi connectivity index (χ4n) is 4.33. The number of hydrogen-bond donors (Lipinski definition) is 1. The van der Waals surface area contributed by atoms with Crippen molar-refractivity contribution in [2.24, 2.45) is 17.8 Å². The lowest BCUT2D eigenvalue weighted by Crippen LogP contribution is -2.34. The van der Waals surface area contributed by atoms with Gasteiger partial charge in [0.15, 0.2) is 11.6 Å². The molecule has 1 aromatic rings. The van der Waals surface area contributed by atoms with Gasteiger partial charge in [0.25, 0.3) is 0 Å². The number of aliphatic hydroxyl groups is 1. The van der Waals surface area contributed by atoms with Crippen molar-refractivity contribution < 1.29 is 13.9 Å². The van der Waals surface area contributed by atoms with Crippen molar-refractivity contribution in [2.75, 3.05) is 0 Å². The molecule has 21 heavy (non-hydrogen) atoms. The third kappa shape index (κ3) is 3.45. The first-order chi connectivity index (χ1) is 10.1. The maximum Gasteiger partial charge on any atom is 0.159 e. The van der Waals surface area contributed by atoms with E-state index in [9.17, 15) is 13.9 Å². The molecule has 2 saturated carbocycles. The summed E-state index contributed by atoms with van der Waals surface area (Å²) in [5.74, 6) is 0.312. The van der Waals surface area contributed by atoms with Crippen molar-refractivity contribution in [3.63, 3.8) is 0 Å². The average Bonchev–Trinajstić information content (AvgIpc) is 2.50. The molecule has 0 spiro atoms. The Bertz CT molecular complexity index is 488. The van der Waals surface area contributed by atoms with Gasteiger partial charge in [-0.3, -0.25) is 0 Å². The van der Waals surface area contributed by atoms with Crippen LogP contribution < -0.4 is 0 Å². The van der Waals surface area contributed by atoms with Crippen LogP contribution in [0, 0.1) is 29.4 Å². The van der Waals surface area contributed by atoms with E-state index in [1.807, 2.05) is 0 Å². The van der Waals surface area contributed by atoms with E-state index in [2.05, 4.69) is 0 Å². The highest BCUT2D eigenvalue weighted by Gasteiger charge is 2.34. The van der Waals surface area contributed by atoms with Crippen LogP contribution >= 0.6 is 0 Å². The Morgan fingerprint density at radius 3 is 2.52 bits per heavy atom. The quantitative estimate of drug-likeness (QED) is 0.871. The average molecular weight is 294 g/mol. The van der Waals surface area contributed by atoms with Gasteiger partial charge in [-0.25, -0.2) is 8.78 Å². The minimum atomic E-state index is -0.823. The maximum atomic E-state index is 13.2. The summed E-state index contributed by atoms with van der Waals surface area (Å²) in [6.45, 7) is 0. The summed E-state index contributed by atoms with van der Waals surface area (Å²) in [7, 11) is 0. The first kappa shape index (κ1) is 15.0. The molecule has 1 nitrogen and oxygen atoms in total. The maximum absolute atomic E-state index is 13.2. The van der Waals surface area contributed by atoms with Crippen LogP contribution in [0.25, 0.3) is 0 Å². The normalized spacial score (nSPS) is 30.7. The molecular weight excluding hydrogens is 270 g/mol. The molecule has 2 aliphatic carbocycles. The first-order valence-electron chi connectivity index (χ1n) is 8.25. The summed E-state index contributed by atoms with van der Waals surface area (Å²) in [5.41, 5.74) is 0.687. The molecule has 4 atom stereocenters. The molecule has 0 aromatic heterocycles. The number of rotatable bonds is 3. The van der Waals surface area contributed by atoms with Crippen LogP contribution in [0.4, 0.5) is 8.78 Å². The molecule has 2 aliphatic rings. The van der Waals surface area contributed by atoms with Gasteiger partial charge in [-0.15, -0.1) is 0 Å². The molecule has 0 bridgehead atoms. The summed E-state index contributed by atoms with van der Waals surface area (Å²) in [6.07, 6.45) is 8.76. The second kappa shape index (κ2) is 6.43. The highest BCUT2D eigenvalue weighted by Crippen LogP contribution is 2.43. The molecule has 2 fully saturated rings. The number of aliphatic hydroxyl groups excluding tert-OH is 1. The first-order valence-corrected chi connectivity index (χ1v) is 8.25. The molecule has 3 rings (SSSR count). The third-order valence-electron chi connectivity index (χ3n) is 5.55. The van der Waals surface area contributed by atoms with Crippen LogP contribution in [0.3, 0.4) is 0 Å². The standard InChI is InChI=1S/C18H24F2O/c19-16-8-5-12(9-17(16)20)10-18(21)15-7-6-13-3-1-2-4-14(13)11-15/h5,8-9,13-15,18,21H,1-4,6-7,10-11H2. The molecule has 3 heteroatoms. The van der Waals surface area contributed by atoms with E-state index < -0.39 is 17.7 Å². The topological polar surface area (TPSA) is 20.2 Å². The molecule has 0 amide bonds. The van der Waals surface area contributed by atoms with Gasteiger partial charge in [-0.05, 0) is 61.1 Å². The van der Waals surface area contributed by atoms with Gasteiger partial charge in [0.05, 0.1) is 6.10 Å². The number of benzene rings is 1. The lowest BCUT2D eigenvalue weighted by Gasteiger charge is -2.40. The van der Waals surface area contributed by atoms with Gasteiger partial charge in [0, 0.05) is 0 Å². The minimum Gasteiger partial charge on any atom is -0.392 e. The van der Waals surface area contributed by atoms with Gasteiger partial charge >= 0.3 is 0 Å². The Morgan fingerprint density at radius 2 is 1.76 bits per heavy atom. The van der Waals surface area contributed by atoms with Crippen LogP contribution in [0.5, 0.6) is 0 Å². The molecular formula is C18H24F2O. The third-order valence-corrected chi connectivity index (χ3v) is 5.55. The molecule has 0 aliphatic heterocycles. The minimum absolute atomic E-state index is 0.317. The lowest BCUT2D eigenvalue weighted by atomic mass is 9.66. The van der Waals surface area contributed by atoms with E-state index in [1.165, 1.54) is 38.2 Å². The Balaban J connectivity index is 1.60. The molecule has 0 radical (unpaired) electrons. The summed E-state index contributed by atoms with van der Waals surface area (Å²) in [5, 5.41) is 10.5. The summed E-state index contributed by atoms with van der Waals surface area (Å²) in [6, 6.07) is 3.94. The van der Waals surface area contributed by atoms with E-state index in [4.69, 9.17) is 0 Å². The summed E-state index contributed by atoms with van der Waals surface area (Å²) >= 11 is 0. The van der Waals surface area contributed by atoms with E-state index in [0.717, 1.165) is 30.7 Å². The molecule has 1 aromatic carbocycles. The van der Waals surface area contributed by atoms with E-state index >= 15 is 0 Å². The molecule has 0 heterocycles. The fraction of sp³-hybridized carbons (Fsp3) is 0.667. The van der Waals surface area contributed by atoms with Crippen LogP contribution in [-0.4, -0.2) is 11.2 Å². The summed E-state index contributed by atoms with van der Waals surface area (Å²) < 4.78 is 26.2. The van der Waals surface area contributed by atoms with Crippen LogP contribution in [0.2, 0.25) is 0 Å². The van der Waals surface area contributed by atoms with Gasteiger partial charge in [0.2, 0.25) is 0 Å². The van der Waals surface area contributed by atoms with E-state index in [1.54, 1.807) is 6.07 Å². The lowest BCUT2D eigenvalue weighted by molar-refractivity contribution is 0.0360. The Labute approximate surface area is 125 Å². The van der Waals surface area contributed by atoms with Crippen molar-refractivity contribution >= 4 is 0 Å². The number of halogens is 2. The van der Waals surface area contributed by atoms with Gasteiger partial charge in [-0.1, -0.05) is 31.7 Å². The number of hydrogen-bond acceptors (Lipinski definition) is 1. The zero-order valence-corrected chi connectivity index (χ0v) is 12.4. The fourth-order valence-corrected chi connectivity index (χ4v) is 4.33. The van der Waals surface area contributed by atoms with Crippen molar-refractivity contribution in [1.29, 1.82) is 0 Å². The Hall–Kier alpha value is -0.960. The number of fused-ring (bicyclic) bond motifs is 1.